The molecule has 2 N–H and O–H groups in total. The van der Waals surface area contributed by atoms with Crippen molar-refractivity contribution >= 4 is 15.8 Å². The van der Waals surface area contributed by atoms with Gasteiger partial charge in [0.05, 0.1) is 0 Å². The summed E-state index contributed by atoms with van der Waals surface area (Å²) in [6.45, 7) is 1.05. The first kappa shape index (κ1) is 14.2. The summed E-state index contributed by atoms with van der Waals surface area (Å²) < 4.78 is 26.5. The van der Waals surface area contributed by atoms with Crippen molar-refractivity contribution in [3.05, 3.63) is 18.3 Å². The summed E-state index contributed by atoms with van der Waals surface area (Å²) in [5, 5.41) is 0. The molecule has 1 fully saturated rings. The maximum atomic E-state index is 12.5. The molecule has 1 saturated heterocycles. The molecule has 0 amide bonds. The van der Waals surface area contributed by atoms with Crippen LogP contribution >= 0.6 is 0 Å². The Kier molecular flexibility index (Phi) is 4.07. The topological polar surface area (TPSA) is 79.5 Å². The molecule has 1 aliphatic heterocycles. The molecule has 6 nitrogen and oxygen atoms in total. The molecule has 0 aliphatic carbocycles. The van der Waals surface area contributed by atoms with E-state index in [2.05, 4.69) is 9.88 Å². The number of aromatic nitrogens is 1. The van der Waals surface area contributed by atoms with E-state index in [1.807, 2.05) is 14.1 Å². The normalized spacial score (nSPS) is 18.9. The van der Waals surface area contributed by atoms with Crippen LogP contribution in [0.3, 0.4) is 0 Å². The average Bonchev–Trinajstić information content (AvgIpc) is 2.39. The standard InChI is InChI=1S/C12H20N4O2S/c1-15(2)10-5-8-16(9-6-10)19(17,18)11-4-3-7-14-12(11)13/h3-4,7,10H,5-6,8-9H2,1-2H3,(H2,13,14). The number of nitrogen functional groups attached to an aromatic ring is 1. The Morgan fingerprint density at radius 1 is 1.37 bits per heavy atom. The first-order valence-corrected chi connectivity index (χ1v) is 7.74. The zero-order valence-electron chi connectivity index (χ0n) is 11.3. The van der Waals surface area contributed by atoms with Crippen molar-refractivity contribution in [3.63, 3.8) is 0 Å². The van der Waals surface area contributed by atoms with Gasteiger partial charge in [-0.05, 0) is 39.1 Å². The van der Waals surface area contributed by atoms with Crippen LogP contribution in [0.25, 0.3) is 0 Å². The Hall–Kier alpha value is -1.18. The van der Waals surface area contributed by atoms with Gasteiger partial charge in [-0.25, -0.2) is 13.4 Å². The molecule has 0 saturated carbocycles. The lowest BCUT2D eigenvalue weighted by molar-refractivity contribution is 0.196. The highest BCUT2D eigenvalue weighted by Crippen LogP contribution is 2.24. The van der Waals surface area contributed by atoms with Gasteiger partial charge in [-0.3, -0.25) is 0 Å². The first-order chi connectivity index (χ1) is 8.93. The molecular weight excluding hydrogens is 264 g/mol. The summed E-state index contributed by atoms with van der Waals surface area (Å²) in [5.41, 5.74) is 5.66. The monoisotopic (exact) mass is 284 g/mol. The van der Waals surface area contributed by atoms with Crippen molar-refractivity contribution in [2.45, 2.75) is 23.8 Å². The van der Waals surface area contributed by atoms with E-state index >= 15 is 0 Å². The van der Waals surface area contributed by atoms with Gasteiger partial charge in [0.15, 0.2) is 0 Å². The molecule has 0 bridgehead atoms. The number of rotatable bonds is 3. The lowest BCUT2D eigenvalue weighted by Crippen LogP contribution is -2.44. The summed E-state index contributed by atoms with van der Waals surface area (Å²) in [6.07, 6.45) is 3.17. The quantitative estimate of drug-likeness (QED) is 0.868. The van der Waals surface area contributed by atoms with Gasteiger partial charge in [-0.1, -0.05) is 0 Å². The molecule has 2 heterocycles. The summed E-state index contributed by atoms with van der Waals surface area (Å²) in [5.74, 6) is 0.0669. The van der Waals surface area contributed by atoms with E-state index in [1.54, 1.807) is 6.07 Å². The molecule has 106 valence electrons. The molecule has 1 aromatic heterocycles. The van der Waals surface area contributed by atoms with Gasteiger partial charge >= 0.3 is 0 Å². The van der Waals surface area contributed by atoms with E-state index < -0.39 is 10.0 Å². The van der Waals surface area contributed by atoms with Gasteiger partial charge in [-0.2, -0.15) is 4.31 Å². The molecule has 1 aliphatic rings. The summed E-state index contributed by atoms with van der Waals surface area (Å²) >= 11 is 0. The lowest BCUT2D eigenvalue weighted by atomic mass is 10.1. The molecule has 0 radical (unpaired) electrons. The van der Waals surface area contributed by atoms with E-state index in [0.29, 0.717) is 19.1 Å². The Bertz CT molecular complexity index is 536. The molecule has 2 rings (SSSR count). The van der Waals surface area contributed by atoms with Gasteiger partial charge in [-0.15, -0.1) is 0 Å². The first-order valence-electron chi connectivity index (χ1n) is 6.30. The lowest BCUT2D eigenvalue weighted by Gasteiger charge is -2.34. The largest absolute Gasteiger partial charge is 0.383 e. The molecule has 0 aromatic carbocycles. The molecule has 0 unspecified atom stereocenters. The van der Waals surface area contributed by atoms with Crippen LogP contribution in [-0.2, 0) is 10.0 Å². The average molecular weight is 284 g/mol. The number of nitrogens with two attached hydrogens (primary N) is 1. The highest BCUT2D eigenvalue weighted by atomic mass is 32.2. The minimum Gasteiger partial charge on any atom is -0.383 e. The van der Waals surface area contributed by atoms with Crippen LogP contribution < -0.4 is 5.73 Å². The second-order valence-corrected chi connectivity index (χ2v) is 6.89. The van der Waals surface area contributed by atoms with Crippen LogP contribution in [0.5, 0.6) is 0 Å². The minimum atomic E-state index is -3.51. The van der Waals surface area contributed by atoms with Crippen LogP contribution in [0.4, 0.5) is 5.82 Å². The number of hydrogen-bond acceptors (Lipinski definition) is 5. The van der Waals surface area contributed by atoms with Crippen molar-refractivity contribution in [2.24, 2.45) is 0 Å². The van der Waals surface area contributed by atoms with Crippen LogP contribution in [0.15, 0.2) is 23.2 Å². The second kappa shape index (κ2) is 5.44. The van der Waals surface area contributed by atoms with Gasteiger partial charge in [0.1, 0.15) is 10.7 Å². The van der Waals surface area contributed by atoms with Crippen LogP contribution in [0.2, 0.25) is 0 Å². The summed E-state index contributed by atoms with van der Waals surface area (Å²) in [6, 6.07) is 3.55. The Labute approximate surface area is 114 Å². The Balaban J connectivity index is 2.17. The van der Waals surface area contributed by atoms with Crippen molar-refractivity contribution in [2.75, 3.05) is 32.9 Å². The molecule has 7 heteroatoms. The SMILES string of the molecule is CN(C)C1CCN(S(=O)(=O)c2cccnc2N)CC1. The van der Waals surface area contributed by atoms with Gasteiger partial charge in [0.25, 0.3) is 0 Å². The van der Waals surface area contributed by atoms with E-state index in [-0.39, 0.29) is 10.7 Å². The van der Waals surface area contributed by atoms with Crippen molar-refractivity contribution < 1.29 is 8.42 Å². The smallest absolute Gasteiger partial charge is 0.246 e. The fraction of sp³-hybridized carbons (Fsp3) is 0.583. The minimum absolute atomic E-state index is 0.0669. The maximum Gasteiger partial charge on any atom is 0.246 e. The van der Waals surface area contributed by atoms with Gasteiger partial charge in [0, 0.05) is 25.3 Å². The van der Waals surface area contributed by atoms with Crippen LogP contribution in [0, 0.1) is 0 Å². The highest BCUT2D eigenvalue weighted by Gasteiger charge is 2.31. The van der Waals surface area contributed by atoms with Gasteiger partial charge < -0.3 is 10.6 Å². The maximum absolute atomic E-state index is 12.5. The number of pyridine rings is 1. The number of anilines is 1. The zero-order valence-corrected chi connectivity index (χ0v) is 12.1. The molecule has 0 spiro atoms. The predicted octanol–water partition coefficient (Wildman–Crippen LogP) is 0.378. The number of nitrogens with zero attached hydrogens (tertiary/aromatic N) is 3. The summed E-state index contributed by atoms with van der Waals surface area (Å²) in [7, 11) is 0.529. The van der Waals surface area contributed by atoms with E-state index in [1.165, 1.54) is 16.6 Å². The second-order valence-electron chi connectivity index (χ2n) is 4.99. The highest BCUT2D eigenvalue weighted by molar-refractivity contribution is 7.89. The number of piperidine rings is 1. The fourth-order valence-electron chi connectivity index (χ4n) is 2.36. The molecule has 19 heavy (non-hydrogen) atoms. The van der Waals surface area contributed by atoms with E-state index in [4.69, 9.17) is 5.73 Å². The van der Waals surface area contributed by atoms with E-state index in [0.717, 1.165) is 12.8 Å². The summed E-state index contributed by atoms with van der Waals surface area (Å²) in [4.78, 5) is 6.10. The van der Waals surface area contributed by atoms with Gasteiger partial charge in [0.2, 0.25) is 10.0 Å². The Morgan fingerprint density at radius 2 is 2.00 bits per heavy atom. The molecule has 1 aromatic rings. The third-order valence-electron chi connectivity index (χ3n) is 3.57. The Morgan fingerprint density at radius 3 is 2.53 bits per heavy atom. The van der Waals surface area contributed by atoms with Crippen molar-refractivity contribution in [1.82, 2.24) is 14.2 Å². The van der Waals surface area contributed by atoms with E-state index in [9.17, 15) is 8.42 Å². The fourth-order valence-corrected chi connectivity index (χ4v) is 3.90. The van der Waals surface area contributed by atoms with Crippen LogP contribution in [-0.4, -0.2) is 55.8 Å². The zero-order chi connectivity index (χ0) is 14.0. The van der Waals surface area contributed by atoms with Crippen molar-refractivity contribution in [1.29, 1.82) is 0 Å². The molecule has 0 atom stereocenters. The third kappa shape index (κ3) is 2.88. The van der Waals surface area contributed by atoms with Crippen LogP contribution in [0.1, 0.15) is 12.8 Å². The third-order valence-corrected chi connectivity index (χ3v) is 5.52. The predicted molar refractivity (Wildman–Crippen MR) is 74.1 cm³/mol. The number of hydrogen-bond donors (Lipinski definition) is 1. The van der Waals surface area contributed by atoms with Crippen molar-refractivity contribution in [3.8, 4) is 0 Å². The molecular formula is C12H20N4O2S. The number of sulfonamides is 1.